The highest BCUT2D eigenvalue weighted by atomic mass is 35.5. The van der Waals surface area contributed by atoms with Crippen molar-refractivity contribution in [1.82, 2.24) is 20.0 Å². The molecule has 2 rings (SSSR count). The van der Waals surface area contributed by atoms with Crippen molar-refractivity contribution in [3.63, 3.8) is 0 Å². The van der Waals surface area contributed by atoms with Gasteiger partial charge in [-0.05, 0) is 17.7 Å². The van der Waals surface area contributed by atoms with Crippen molar-refractivity contribution in [3.8, 4) is 0 Å². The third-order valence-electron chi connectivity index (χ3n) is 3.47. The molecular formula is C16H21ClN4O2. The lowest BCUT2D eigenvalue weighted by molar-refractivity contribution is 0.102. The van der Waals surface area contributed by atoms with Crippen molar-refractivity contribution in [2.24, 2.45) is 7.05 Å². The number of halogens is 1. The molecule has 0 aliphatic carbocycles. The standard InChI is InChI=1S/C16H21ClN4O2/c1-20(10-12-8-19-21(2)11-12)16(22)18-9-15(23-3)13-5-4-6-14(17)7-13/h4-8,11,15H,9-10H2,1-3H3,(H,18,22)/t15-/m0/s1. The normalized spacial score (nSPS) is 12.0. The Bertz CT molecular complexity index is 659. The van der Waals surface area contributed by atoms with Gasteiger partial charge < -0.3 is 15.0 Å². The van der Waals surface area contributed by atoms with Gasteiger partial charge >= 0.3 is 6.03 Å². The number of nitrogens with zero attached hydrogens (tertiary/aromatic N) is 3. The minimum absolute atomic E-state index is 0.169. The van der Waals surface area contributed by atoms with Crippen LogP contribution in [-0.2, 0) is 18.3 Å². The van der Waals surface area contributed by atoms with E-state index < -0.39 is 0 Å². The molecule has 0 radical (unpaired) electrons. The summed E-state index contributed by atoms with van der Waals surface area (Å²) in [6.45, 7) is 0.863. The molecule has 1 heterocycles. The lowest BCUT2D eigenvalue weighted by Gasteiger charge is -2.21. The summed E-state index contributed by atoms with van der Waals surface area (Å²) in [7, 11) is 5.19. The van der Waals surface area contributed by atoms with Crippen molar-refractivity contribution in [3.05, 3.63) is 52.8 Å². The number of carbonyl (C=O) groups excluding carboxylic acids is 1. The molecule has 2 amide bonds. The molecule has 0 aliphatic heterocycles. The Labute approximate surface area is 141 Å². The van der Waals surface area contributed by atoms with Gasteiger partial charge in [0.25, 0.3) is 0 Å². The summed E-state index contributed by atoms with van der Waals surface area (Å²) in [5, 5.41) is 7.60. The Kier molecular flexibility index (Phi) is 6.01. The monoisotopic (exact) mass is 336 g/mol. The van der Waals surface area contributed by atoms with Crippen LogP contribution in [-0.4, -0.2) is 41.4 Å². The van der Waals surface area contributed by atoms with Crippen LogP contribution in [0.15, 0.2) is 36.7 Å². The number of hydrogen-bond donors (Lipinski definition) is 1. The van der Waals surface area contributed by atoms with Crippen LogP contribution in [0, 0.1) is 0 Å². The Balaban J connectivity index is 1.89. The molecule has 7 heteroatoms. The molecule has 0 fully saturated rings. The summed E-state index contributed by atoms with van der Waals surface area (Å²) in [4.78, 5) is 13.8. The molecule has 1 N–H and O–H groups in total. The van der Waals surface area contributed by atoms with E-state index in [1.807, 2.05) is 31.4 Å². The van der Waals surface area contributed by atoms with Crippen molar-refractivity contribution >= 4 is 17.6 Å². The first-order chi connectivity index (χ1) is 11.0. The molecule has 0 aliphatic rings. The molecule has 1 aromatic carbocycles. The van der Waals surface area contributed by atoms with E-state index in [2.05, 4.69) is 10.4 Å². The van der Waals surface area contributed by atoms with Crippen LogP contribution in [0.2, 0.25) is 5.02 Å². The number of aryl methyl sites for hydroxylation is 1. The van der Waals surface area contributed by atoms with E-state index in [9.17, 15) is 4.79 Å². The second-order valence-corrected chi connectivity index (χ2v) is 5.78. The van der Waals surface area contributed by atoms with E-state index in [4.69, 9.17) is 16.3 Å². The van der Waals surface area contributed by atoms with Crippen LogP contribution in [0.4, 0.5) is 4.79 Å². The molecule has 0 unspecified atom stereocenters. The van der Waals surface area contributed by atoms with Crippen LogP contribution < -0.4 is 5.32 Å². The molecule has 124 valence electrons. The van der Waals surface area contributed by atoms with Gasteiger partial charge in [-0.15, -0.1) is 0 Å². The average Bonchev–Trinajstić information content (AvgIpc) is 2.92. The van der Waals surface area contributed by atoms with Gasteiger partial charge in [0.05, 0.1) is 18.8 Å². The Hall–Kier alpha value is -2.05. The van der Waals surface area contributed by atoms with E-state index in [-0.39, 0.29) is 12.1 Å². The van der Waals surface area contributed by atoms with Crippen molar-refractivity contribution < 1.29 is 9.53 Å². The van der Waals surface area contributed by atoms with E-state index in [1.165, 1.54) is 0 Å². The van der Waals surface area contributed by atoms with Crippen LogP contribution in [0.5, 0.6) is 0 Å². The largest absolute Gasteiger partial charge is 0.375 e. The first-order valence-corrected chi connectivity index (χ1v) is 7.62. The van der Waals surface area contributed by atoms with Gasteiger partial charge in [-0.1, -0.05) is 23.7 Å². The summed E-state index contributed by atoms with van der Waals surface area (Å²) in [6, 6.07) is 7.25. The third kappa shape index (κ3) is 4.97. The van der Waals surface area contributed by atoms with Crippen molar-refractivity contribution in [2.75, 3.05) is 20.7 Å². The first-order valence-electron chi connectivity index (χ1n) is 7.24. The zero-order chi connectivity index (χ0) is 16.8. The number of nitrogens with one attached hydrogen (secondary N) is 1. The highest BCUT2D eigenvalue weighted by Crippen LogP contribution is 2.19. The zero-order valence-electron chi connectivity index (χ0n) is 13.5. The average molecular weight is 337 g/mol. The van der Waals surface area contributed by atoms with E-state index in [1.54, 1.807) is 36.0 Å². The molecule has 1 aromatic heterocycles. The van der Waals surface area contributed by atoms with E-state index >= 15 is 0 Å². The van der Waals surface area contributed by atoms with Gasteiger partial charge in [0.2, 0.25) is 0 Å². The first kappa shape index (κ1) is 17.3. The summed E-state index contributed by atoms with van der Waals surface area (Å²) in [6.07, 6.45) is 3.38. The van der Waals surface area contributed by atoms with Gasteiger partial charge in [-0.2, -0.15) is 5.10 Å². The third-order valence-corrected chi connectivity index (χ3v) is 3.70. The Morgan fingerprint density at radius 2 is 2.30 bits per heavy atom. The van der Waals surface area contributed by atoms with Gasteiger partial charge in [-0.25, -0.2) is 4.79 Å². The number of amides is 2. The van der Waals surface area contributed by atoms with E-state index in [0.29, 0.717) is 18.1 Å². The maximum Gasteiger partial charge on any atom is 0.317 e. The molecule has 2 aromatic rings. The number of aromatic nitrogens is 2. The molecule has 23 heavy (non-hydrogen) atoms. The van der Waals surface area contributed by atoms with Crippen LogP contribution in [0.3, 0.4) is 0 Å². The van der Waals surface area contributed by atoms with Gasteiger partial charge in [0.1, 0.15) is 0 Å². The Morgan fingerprint density at radius 1 is 1.52 bits per heavy atom. The predicted molar refractivity (Wildman–Crippen MR) is 89.3 cm³/mol. The van der Waals surface area contributed by atoms with Crippen molar-refractivity contribution in [1.29, 1.82) is 0 Å². The quantitative estimate of drug-likeness (QED) is 0.882. The molecular weight excluding hydrogens is 316 g/mol. The van der Waals surface area contributed by atoms with E-state index in [0.717, 1.165) is 11.1 Å². The van der Waals surface area contributed by atoms with Crippen molar-refractivity contribution in [2.45, 2.75) is 12.6 Å². The predicted octanol–water partition coefficient (Wildman–Crippen LogP) is 2.60. The van der Waals surface area contributed by atoms with Crippen LogP contribution in [0.1, 0.15) is 17.2 Å². The van der Waals surface area contributed by atoms with Gasteiger partial charge in [0.15, 0.2) is 0 Å². The number of urea groups is 1. The Morgan fingerprint density at radius 3 is 2.91 bits per heavy atom. The lowest BCUT2D eigenvalue weighted by Crippen LogP contribution is -2.39. The molecule has 1 atom stereocenters. The number of benzene rings is 1. The fourth-order valence-electron chi connectivity index (χ4n) is 2.26. The number of ether oxygens (including phenoxy) is 1. The number of hydrogen-bond acceptors (Lipinski definition) is 3. The smallest absolute Gasteiger partial charge is 0.317 e. The second kappa shape index (κ2) is 7.99. The summed E-state index contributed by atoms with van der Waals surface area (Å²) >= 11 is 5.99. The number of carbonyl (C=O) groups is 1. The van der Waals surface area contributed by atoms with Crippen LogP contribution >= 0.6 is 11.6 Å². The fourth-order valence-corrected chi connectivity index (χ4v) is 2.46. The summed E-state index contributed by atoms with van der Waals surface area (Å²) < 4.78 is 7.15. The fraction of sp³-hybridized carbons (Fsp3) is 0.375. The highest BCUT2D eigenvalue weighted by Gasteiger charge is 2.15. The minimum atomic E-state index is -0.246. The zero-order valence-corrected chi connectivity index (χ0v) is 14.2. The summed E-state index contributed by atoms with van der Waals surface area (Å²) in [5.41, 5.74) is 1.90. The molecule has 0 bridgehead atoms. The number of methoxy groups -OCH3 is 1. The maximum absolute atomic E-state index is 12.2. The molecule has 0 saturated carbocycles. The molecule has 0 spiro atoms. The van der Waals surface area contributed by atoms with Gasteiger partial charge in [0, 0.05) is 44.5 Å². The van der Waals surface area contributed by atoms with Crippen LogP contribution in [0.25, 0.3) is 0 Å². The summed E-state index contributed by atoms with van der Waals surface area (Å²) in [5.74, 6) is 0. The lowest BCUT2D eigenvalue weighted by atomic mass is 10.1. The van der Waals surface area contributed by atoms with Gasteiger partial charge in [-0.3, -0.25) is 4.68 Å². The topological polar surface area (TPSA) is 59.4 Å². The minimum Gasteiger partial charge on any atom is -0.375 e. The number of rotatable bonds is 6. The SMILES string of the molecule is CO[C@@H](CNC(=O)N(C)Cc1cnn(C)c1)c1cccc(Cl)c1. The molecule has 6 nitrogen and oxygen atoms in total. The molecule has 0 saturated heterocycles. The second-order valence-electron chi connectivity index (χ2n) is 5.34. The highest BCUT2D eigenvalue weighted by molar-refractivity contribution is 6.30. The maximum atomic E-state index is 12.2.